The van der Waals surface area contributed by atoms with Crippen LogP contribution in [0.4, 0.5) is 4.39 Å². The van der Waals surface area contributed by atoms with Crippen LogP contribution in [0, 0.1) is 5.92 Å². The summed E-state index contributed by atoms with van der Waals surface area (Å²) in [4.78, 5) is 13.4. The molecule has 0 aromatic rings. The lowest BCUT2D eigenvalue weighted by atomic mass is 10.0. The molecule has 13 heavy (non-hydrogen) atoms. The Morgan fingerprint density at radius 3 is 2.85 bits per heavy atom. The van der Waals surface area contributed by atoms with E-state index in [2.05, 4.69) is 5.32 Å². The van der Waals surface area contributed by atoms with Crippen molar-refractivity contribution in [3.63, 3.8) is 0 Å². The molecule has 2 fully saturated rings. The molecule has 0 aromatic carbocycles. The van der Waals surface area contributed by atoms with Crippen LogP contribution in [0.3, 0.4) is 0 Å². The average molecular weight is 186 g/mol. The van der Waals surface area contributed by atoms with Gasteiger partial charge in [-0.25, -0.2) is 0 Å². The van der Waals surface area contributed by atoms with Gasteiger partial charge in [-0.05, 0) is 19.4 Å². The summed E-state index contributed by atoms with van der Waals surface area (Å²) < 4.78 is 12.1. The molecule has 2 aliphatic heterocycles. The molecule has 3 nitrogen and oxygen atoms in total. The quantitative estimate of drug-likeness (QED) is 0.666. The van der Waals surface area contributed by atoms with E-state index in [0.717, 1.165) is 19.4 Å². The summed E-state index contributed by atoms with van der Waals surface area (Å²) in [5.74, 6) is 0.271. The van der Waals surface area contributed by atoms with Crippen LogP contribution in [0.25, 0.3) is 0 Å². The van der Waals surface area contributed by atoms with Crippen molar-refractivity contribution in [1.82, 2.24) is 10.2 Å². The minimum Gasteiger partial charge on any atom is -0.340 e. The Morgan fingerprint density at radius 1 is 1.54 bits per heavy atom. The smallest absolute Gasteiger partial charge is 0.239 e. The predicted octanol–water partition coefficient (Wildman–Crippen LogP) is 0.166. The van der Waals surface area contributed by atoms with E-state index in [-0.39, 0.29) is 24.5 Å². The number of nitrogens with one attached hydrogen (secondary N) is 1. The second-order valence-electron chi connectivity index (χ2n) is 3.91. The molecule has 1 amide bonds. The van der Waals surface area contributed by atoms with Gasteiger partial charge in [0, 0.05) is 19.0 Å². The molecule has 2 saturated heterocycles. The van der Waals surface area contributed by atoms with Crippen molar-refractivity contribution in [2.75, 3.05) is 26.3 Å². The van der Waals surface area contributed by atoms with E-state index in [9.17, 15) is 9.18 Å². The molecule has 0 bridgehead atoms. The van der Waals surface area contributed by atoms with Gasteiger partial charge in [0.25, 0.3) is 0 Å². The summed E-state index contributed by atoms with van der Waals surface area (Å²) in [7, 11) is 0. The number of likely N-dealkylation sites (tertiary alicyclic amines) is 1. The minimum atomic E-state index is -0.290. The van der Waals surface area contributed by atoms with Gasteiger partial charge < -0.3 is 10.2 Å². The molecule has 0 unspecified atom stereocenters. The maximum Gasteiger partial charge on any atom is 0.239 e. The van der Waals surface area contributed by atoms with Crippen molar-refractivity contribution >= 4 is 5.91 Å². The van der Waals surface area contributed by atoms with E-state index in [1.165, 1.54) is 0 Å². The van der Waals surface area contributed by atoms with Gasteiger partial charge in [0.2, 0.25) is 5.91 Å². The third-order valence-corrected chi connectivity index (χ3v) is 2.85. The molecule has 2 heterocycles. The lowest BCUT2D eigenvalue weighted by Gasteiger charge is -2.39. The number of carbonyl (C=O) groups excluding carboxylic acids is 1. The predicted molar refractivity (Wildman–Crippen MR) is 47.1 cm³/mol. The monoisotopic (exact) mass is 186 g/mol. The third kappa shape index (κ3) is 1.68. The minimum absolute atomic E-state index is 0.0144. The highest BCUT2D eigenvalue weighted by atomic mass is 19.1. The molecular formula is C9H15FN2O. The fourth-order valence-electron chi connectivity index (χ4n) is 1.96. The van der Waals surface area contributed by atoms with Crippen LogP contribution in [-0.2, 0) is 4.79 Å². The molecule has 74 valence electrons. The van der Waals surface area contributed by atoms with Crippen molar-refractivity contribution in [1.29, 1.82) is 0 Å². The highest BCUT2D eigenvalue weighted by Crippen LogP contribution is 2.19. The standard InChI is InChI=1S/C9H15FN2O/c10-4-7-5-12(6-7)9(13)8-2-1-3-11-8/h7-8,11H,1-6H2/t8-/m0/s1. The number of hydrogen-bond acceptors (Lipinski definition) is 2. The number of carbonyl (C=O) groups is 1. The fourth-order valence-corrected chi connectivity index (χ4v) is 1.96. The van der Waals surface area contributed by atoms with Crippen molar-refractivity contribution in [2.45, 2.75) is 18.9 Å². The molecular weight excluding hydrogens is 171 g/mol. The Balaban J connectivity index is 1.78. The van der Waals surface area contributed by atoms with Crippen LogP contribution < -0.4 is 5.32 Å². The first kappa shape index (κ1) is 8.94. The summed E-state index contributed by atoms with van der Waals surface area (Å²) in [6, 6.07) is 0.0144. The maximum atomic E-state index is 12.1. The Bertz CT molecular complexity index is 198. The van der Waals surface area contributed by atoms with Gasteiger partial charge in [-0.2, -0.15) is 0 Å². The highest BCUT2D eigenvalue weighted by Gasteiger charge is 2.35. The van der Waals surface area contributed by atoms with E-state index in [1.807, 2.05) is 0 Å². The molecule has 4 heteroatoms. The van der Waals surface area contributed by atoms with Crippen LogP contribution >= 0.6 is 0 Å². The van der Waals surface area contributed by atoms with Gasteiger partial charge in [-0.3, -0.25) is 9.18 Å². The normalized spacial score (nSPS) is 29.0. The summed E-state index contributed by atoms with van der Waals surface area (Å²) in [5.41, 5.74) is 0. The average Bonchev–Trinajstić information content (AvgIpc) is 2.53. The first-order valence-corrected chi connectivity index (χ1v) is 4.89. The number of hydrogen-bond donors (Lipinski definition) is 1. The van der Waals surface area contributed by atoms with Crippen LogP contribution in [0.1, 0.15) is 12.8 Å². The van der Waals surface area contributed by atoms with Gasteiger partial charge in [0.15, 0.2) is 0 Å². The van der Waals surface area contributed by atoms with Crippen LogP contribution in [-0.4, -0.2) is 43.2 Å². The first-order valence-electron chi connectivity index (χ1n) is 4.89. The Morgan fingerprint density at radius 2 is 2.31 bits per heavy atom. The zero-order chi connectivity index (χ0) is 9.26. The topological polar surface area (TPSA) is 32.3 Å². The molecule has 0 spiro atoms. The third-order valence-electron chi connectivity index (χ3n) is 2.85. The number of amides is 1. The largest absolute Gasteiger partial charge is 0.340 e. The summed E-state index contributed by atoms with van der Waals surface area (Å²) in [6.07, 6.45) is 2.02. The van der Waals surface area contributed by atoms with Crippen molar-refractivity contribution in [2.24, 2.45) is 5.92 Å². The molecule has 0 radical (unpaired) electrons. The molecule has 0 aromatic heterocycles. The number of nitrogens with zero attached hydrogens (tertiary/aromatic N) is 1. The molecule has 2 aliphatic rings. The zero-order valence-corrected chi connectivity index (χ0v) is 7.63. The van der Waals surface area contributed by atoms with Gasteiger partial charge in [0.1, 0.15) is 0 Å². The van der Waals surface area contributed by atoms with E-state index < -0.39 is 0 Å². The summed E-state index contributed by atoms with van der Waals surface area (Å²) in [6.45, 7) is 1.89. The van der Waals surface area contributed by atoms with Gasteiger partial charge >= 0.3 is 0 Å². The van der Waals surface area contributed by atoms with Crippen LogP contribution in [0.15, 0.2) is 0 Å². The lowest BCUT2D eigenvalue weighted by molar-refractivity contribution is -0.139. The van der Waals surface area contributed by atoms with Gasteiger partial charge in [0.05, 0.1) is 12.7 Å². The molecule has 2 rings (SSSR count). The SMILES string of the molecule is O=C([C@@H]1CCCN1)N1CC(CF)C1. The molecule has 1 atom stereocenters. The van der Waals surface area contributed by atoms with Crippen molar-refractivity contribution < 1.29 is 9.18 Å². The maximum absolute atomic E-state index is 12.1. The lowest BCUT2D eigenvalue weighted by Crippen LogP contribution is -2.55. The fraction of sp³-hybridized carbons (Fsp3) is 0.889. The highest BCUT2D eigenvalue weighted by molar-refractivity contribution is 5.82. The molecule has 0 saturated carbocycles. The van der Waals surface area contributed by atoms with Gasteiger partial charge in [-0.15, -0.1) is 0 Å². The number of rotatable bonds is 2. The number of alkyl halides is 1. The number of halogens is 1. The van der Waals surface area contributed by atoms with E-state index in [0.29, 0.717) is 13.1 Å². The van der Waals surface area contributed by atoms with E-state index in [4.69, 9.17) is 0 Å². The second-order valence-corrected chi connectivity index (χ2v) is 3.91. The van der Waals surface area contributed by atoms with E-state index in [1.54, 1.807) is 4.90 Å². The first-order chi connectivity index (χ1) is 6.31. The van der Waals surface area contributed by atoms with Crippen LogP contribution in [0.5, 0.6) is 0 Å². The van der Waals surface area contributed by atoms with E-state index >= 15 is 0 Å². The van der Waals surface area contributed by atoms with Crippen molar-refractivity contribution in [3.05, 3.63) is 0 Å². The molecule has 0 aliphatic carbocycles. The molecule has 1 N–H and O–H groups in total. The summed E-state index contributed by atoms with van der Waals surface area (Å²) >= 11 is 0. The second kappa shape index (κ2) is 3.62. The Labute approximate surface area is 77.3 Å². The van der Waals surface area contributed by atoms with Gasteiger partial charge in [-0.1, -0.05) is 0 Å². The summed E-state index contributed by atoms with van der Waals surface area (Å²) in [5, 5.41) is 3.15. The van der Waals surface area contributed by atoms with Crippen molar-refractivity contribution in [3.8, 4) is 0 Å². The Hall–Kier alpha value is -0.640. The van der Waals surface area contributed by atoms with Crippen LogP contribution in [0.2, 0.25) is 0 Å². The zero-order valence-electron chi connectivity index (χ0n) is 7.63. The Kier molecular flexibility index (Phi) is 2.49.